The van der Waals surface area contributed by atoms with E-state index in [9.17, 15) is 19.5 Å². The molecule has 0 heterocycles. The molecule has 3 unspecified atom stereocenters. The Morgan fingerprint density at radius 1 is 1.11 bits per heavy atom. The van der Waals surface area contributed by atoms with Gasteiger partial charge < -0.3 is 25.4 Å². The summed E-state index contributed by atoms with van der Waals surface area (Å²) in [6.07, 6.45) is 2.46. The predicted octanol–water partition coefficient (Wildman–Crippen LogP) is 4.49. The van der Waals surface area contributed by atoms with Crippen LogP contribution in [-0.2, 0) is 14.3 Å². The fraction of sp³-hybridized carbons (Fsp3) is 0.679. The van der Waals surface area contributed by atoms with E-state index in [4.69, 9.17) is 4.74 Å². The third kappa shape index (κ3) is 10.6. The molecule has 0 fully saturated rings. The second kappa shape index (κ2) is 14.8. The number of aryl methyl sites for hydroxylation is 1. The van der Waals surface area contributed by atoms with Crippen molar-refractivity contribution in [1.29, 1.82) is 0 Å². The quantitative estimate of drug-likeness (QED) is 0.342. The first-order valence-corrected chi connectivity index (χ1v) is 13.1. The number of alkyl carbamates (subject to hydrolysis) is 1. The van der Waals surface area contributed by atoms with E-state index in [0.717, 1.165) is 24.8 Å². The first-order valence-electron chi connectivity index (χ1n) is 13.1. The van der Waals surface area contributed by atoms with Crippen LogP contribution in [0.4, 0.5) is 4.79 Å². The molecular weight excluding hydrogens is 458 g/mol. The number of nitrogens with zero attached hydrogens (tertiary/aromatic N) is 1. The Morgan fingerprint density at radius 2 is 1.78 bits per heavy atom. The van der Waals surface area contributed by atoms with Gasteiger partial charge in [-0.05, 0) is 65.4 Å². The Hall–Kier alpha value is -2.61. The largest absolute Gasteiger partial charge is 0.444 e. The summed E-state index contributed by atoms with van der Waals surface area (Å²) >= 11 is 0. The second-order valence-electron chi connectivity index (χ2n) is 10.9. The molecule has 0 aliphatic carbocycles. The molecule has 0 aliphatic rings. The number of hydrogen-bond acceptors (Lipinski definition) is 5. The van der Waals surface area contributed by atoms with Crippen LogP contribution >= 0.6 is 0 Å². The average Bonchev–Trinajstić information content (AvgIpc) is 2.77. The lowest BCUT2D eigenvalue weighted by Crippen LogP contribution is -2.56. The lowest BCUT2D eigenvalue weighted by atomic mass is 9.96. The van der Waals surface area contributed by atoms with Gasteiger partial charge >= 0.3 is 6.09 Å². The molecule has 3 atom stereocenters. The molecule has 8 nitrogen and oxygen atoms in total. The second-order valence-corrected chi connectivity index (χ2v) is 10.9. The van der Waals surface area contributed by atoms with Crippen molar-refractivity contribution in [3.63, 3.8) is 0 Å². The van der Waals surface area contributed by atoms with Gasteiger partial charge in [0.1, 0.15) is 17.7 Å². The first-order chi connectivity index (χ1) is 16.8. The van der Waals surface area contributed by atoms with Gasteiger partial charge in [0.25, 0.3) is 0 Å². The van der Waals surface area contributed by atoms with Crippen molar-refractivity contribution in [1.82, 2.24) is 15.5 Å². The van der Waals surface area contributed by atoms with Crippen LogP contribution in [0.3, 0.4) is 0 Å². The van der Waals surface area contributed by atoms with Gasteiger partial charge in [-0.25, -0.2) is 4.79 Å². The zero-order valence-electron chi connectivity index (χ0n) is 23.4. The summed E-state index contributed by atoms with van der Waals surface area (Å²) < 4.78 is 5.30. The maximum atomic E-state index is 13.9. The standard InChI is InChI=1S/C28H47N3O5/c1-9-10-16-29-25(33)24(22-13-11-12-20(4)17-22)31(21(5)15-14-19(2)3)26(34)23(18-32)30-27(35)36-28(6,7)8/h11-13,17,19,21,23-24,32H,9-10,14-16,18H2,1-8H3,(H,29,33)(H,30,35). The summed E-state index contributed by atoms with van der Waals surface area (Å²) in [6.45, 7) is 15.1. The summed E-state index contributed by atoms with van der Waals surface area (Å²) in [5.41, 5.74) is 0.884. The third-order valence-corrected chi connectivity index (χ3v) is 5.78. The lowest BCUT2D eigenvalue weighted by molar-refractivity contribution is -0.146. The number of aliphatic hydroxyl groups is 1. The topological polar surface area (TPSA) is 108 Å². The molecule has 1 rings (SSSR count). The normalized spacial score (nSPS) is 14.1. The monoisotopic (exact) mass is 505 g/mol. The number of nitrogens with one attached hydrogen (secondary N) is 2. The SMILES string of the molecule is CCCCNC(=O)C(c1cccc(C)c1)N(C(=O)C(CO)NC(=O)OC(C)(C)C)C(C)CCC(C)C. The molecule has 0 saturated carbocycles. The van der Waals surface area contributed by atoms with Crippen molar-refractivity contribution < 1.29 is 24.2 Å². The minimum atomic E-state index is -1.25. The van der Waals surface area contributed by atoms with Crippen LogP contribution in [0.1, 0.15) is 91.3 Å². The van der Waals surface area contributed by atoms with Gasteiger partial charge in [-0.3, -0.25) is 9.59 Å². The van der Waals surface area contributed by atoms with E-state index in [0.29, 0.717) is 24.4 Å². The molecule has 36 heavy (non-hydrogen) atoms. The summed E-state index contributed by atoms with van der Waals surface area (Å²) in [7, 11) is 0. The molecule has 204 valence electrons. The third-order valence-electron chi connectivity index (χ3n) is 5.78. The number of rotatable bonds is 13. The van der Waals surface area contributed by atoms with Crippen LogP contribution in [0.2, 0.25) is 0 Å². The van der Waals surface area contributed by atoms with E-state index in [2.05, 4.69) is 24.5 Å². The highest BCUT2D eigenvalue weighted by Crippen LogP contribution is 2.28. The Morgan fingerprint density at radius 3 is 2.31 bits per heavy atom. The first kappa shape index (κ1) is 31.4. The highest BCUT2D eigenvalue weighted by Gasteiger charge is 2.38. The highest BCUT2D eigenvalue weighted by molar-refractivity contribution is 5.92. The molecule has 0 radical (unpaired) electrons. The van der Waals surface area contributed by atoms with Crippen molar-refractivity contribution in [3.05, 3.63) is 35.4 Å². The fourth-order valence-corrected chi connectivity index (χ4v) is 3.89. The summed E-state index contributed by atoms with van der Waals surface area (Å²) in [5, 5.41) is 15.6. The van der Waals surface area contributed by atoms with E-state index >= 15 is 0 Å². The summed E-state index contributed by atoms with van der Waals surface area (Å²) in [6, 6.07) is 5.04. The number of benzene rings is 1. The van der Waals surface area contributed by atoms with E-state index in [1.165, 1.54) is 4.90 Å². The molecule has 3 amide bonds. The molecule has 0 saturated heterocycles. The number of aliphatic hydroxyl groups excluding tert-OH is 1. The van der Waals surface area contributed by atoms with E-state index in [1.54, 1.807) is 20.8 Å². The number of hydrogen-bond donors (Lipinski definition) is 3. The number of amides is 3. The molecule has 0 aliphatic heterocycles. The molecule has 8 heteroatoms. The number of carbonyl (C=O) groups excluding carboxylic acids is 3. The number of carbonyl (C=O) groups is 3. The average molecular weight is 506 g/mol. The van der Waals surface area contributed by atoms with E-state index in [1.807, 2.05) is 45.0 Å². The van der Waals surface area contributed by atoms with Gasteiger partial charge in [0.2, 0.25) is 11.8 Å². The van der Waals surface area contributed by atoms with Crippen molar-refractivity contribution in [2.75, 3.05) is 13.2 Å². The van der Waals surface area contributed by atoms with Crippen molar-refractivity contribution >= 4 is 17.9 Å². The lowest BCUT2D eigenvalue weighted by Gasteiger charge is -2.38. The minimum Gasteiger partial charge on any atom is -0.444 e. The summed E-state index contributed by atoms with van der Waals surface area (Å²) in [4.78, 5) is 41.4. The molecule has 1 aromatic rings. The number of unbranched alkanes of at least 4 members (excludes halogenated alkanes) is 1. The maximum Gasteiger partial charge on any atom is 0.408 e. The zero-order valence-corrected chi connectivity index (χ0v) is 23.4. The van der Waals surface area contributed by atoms with Crippen molar-refractivity contribution in [2.24, 2.45) is 5.92 Å². The van der Waals surface area contributed by atoms with Gasteiger partial charge in [0.05, 0.1) is 6.61 Å². The van der Waals surface area contributed by atoms with Gasteiger partial charge in [-0.1, -0.05) is 57.0 Å². The molecule has 3 N–H and O–H groups in total. The molecule has 0 bridgehead atoms. The Balaban J connectivity index is 3.47. The zero-order chi connectivity index (χ0) is 27.5. The molecular formula is C28H47N3O5. The van der Waals surface area contributed by atoms with Crippen molar-refractivity contribution in [2.45, 2.75) is 105 Å². The fourth-order valence-electron chi connectivity index (χ4n) is 3.89. The van der Waals surface area contributed by atoms with Crippen LogP contribution in [0.15, 0.2) is 24.3 Å². The maximum absolute atomic E-state index is 13.9. The van der Waals surface area contributed by atoms with Crippen molar-refractivity contribution in [3.8, 4) is 0 Å². The Bertz CT molecular complexity index is 850. The van der Waals surface area contributed by atoms with Gasteiger partial charge in [-0.2, -0.15) is 0 Å². The Kier molecular flexibility index (Phi) is 12.9. The van der Waals surface area contributed by atoms with Gasteiger partial charge in [0.15, 0.2) is 0 Å². The minimum absolute atomic E-state index is 0.284. The van der Waals surface area contributed by atoms with Gasteiger partial charge in [-0.15, -0.1) is 0 Å². The van der Waals surface area contributed by atoms with Gasteiger partial charge in [0, 0.05) is 12.6 Å². The Labute approximate surface area is 217 Å². The highest BCUT2D eigenvalue weighted by atomic mass is 16.6. The van der Waals surface area contributed by atoms with Crippen LogP contribution in [0, 0.1) is 12.8 Å². The molecule has 1 aromatic carbocycles. The van der Waals surface area contributed by atoms with E-state index in [-0.39, 0.29) is 11.9 Å². The van der Waals surface area contributed by atoms with Crippen LogP contribution in [0.5, 0.6) is 0 Å². The van der Waals surface area contributed by atoms with Crippen LogP contribution in [-0.4, -0.2) is 58.8 Å². The van der Waals surface area contributed by atoms with E-state index < -0.39 is 36.3 Å². The summed E-state index contributed by atoms with van der Waals surface area (Å²) in [5.74, 6) is -0.404. The van der Waals surface area contributed by atoms with Crippen LogP contribution in [0.25, 0.3) is 0 Å². The smallest absolute Gasteiger partial charge is 0.408 e. The predicted molar refractivity (Wildman–Crippen MR) is 142 cm³/mol. The number of ether oxygens (including phenoxy) is 1. The molecule has 0 spiro atoms. The van der Waals surface area contributed by atoms with Crippen LogP contribution < -0.4 is 10.6 Å². The molecule has 0 aromatic heterocycles.